The van der Waals surface area contributed by atoms with Gasteiger partial charge in [0.25, 0.3) is 0 Å². The molecule has 0 aliphatic carbocycles. The van der Waals surface area contributed by atoms with E-state index in [4.69, 9.17) is 25.1 Å². The maximum atomic E-state index is 10.4. The molecule has 13 heteroatoms. The van der Waals surface area contributed by atoms with Gasteiger partial charge in [-0.2, -0.15) is 0 Å². The van der Waals surface area contributed by atoms with Crippen molar-refractivity contribution in [3.63, 3.8) is 0 Å². The summed E-state index contributed by atoms with van der Waals surface area (Å²) < 4.78 is 17.7. The molecule has 0 bridgehead atoms. The minimum absolute atomic E-state index is 0.168. The molecule has 7 N–H and O–H groups in total. The Bertz CT molecular complexity index is 836. The second-order valence-electron chi connectivity index (χ2n) is 6.67. The number of nitrogen functional groups attached to an aromatic ring is 1. The monoisotopic (exact) mass is 399 g/mol. The van der Waals surface area contributed by atoms with E-state index in [0.717, 1.165) is 0 Å². The number of fused-ring (bicyclic) bond motifs is 1. The van der Waals surface area contributed by atoms with Gasteiger partial charge in [-0.3, -0.25) is 4.57 Å². The Labute approximate surface area is 157 Å². The number of nitrogens with zero attached hydrogens (tertiary/aromatic N) is 4. The van der Waals surface area contributed by atoms with Gasteiger partial charge < -0.3 is 45.5 Å². The molecule has 154 valence electrons. The van der Waals surface area contributed by atoms with Crippen molar-refractivity contribution in [1.29, 1.82) is 0 Å². The molecular formula is C15H21N5O8. The van der Waals surface area contributed by atoms with Crippen LogP contribution in [0.15, 0.2) is 12.7 Å². The molecule has 2 aromatic heterocycles. The third-order valence-electron chi connectivity index (χ3n) is 4.92. The number of ether oxygens (including phenoxy) is 3. The van der Waals surface area contributed by atoms with E-state index >= 15 is 0 Å². The molecule has 4 rings (SSSR count). The predicted octanol–water partition coefficient (Wildman–Crippen LogP) is -3.52. The number of aromatic nitrogens is 4. The molecule has 0 unspecified atom stereocenters. The lowest BCUT2D eigenvalue weighted by molar-refractivity contribution is -0.190. The SMILES string of the molecule is Nc1ncnc2c1ncn2[C@@H]1O[C@H](CO[C@@H]2O[C@H](CO)[C@@H](O)[C@H]2O)[C@@H](O)[C@H]1O. The third kappa shape index (κ3) is 3.11. The molecule has 2 aliphatic rings. The van der Waals surface area contributed by atoms with E-state index in [0.29, 0.717) is 11.2 Å². The Hall–Kier alpha value is -1.97. The van der Waals surface area contributed by atoms with Crippen molar-refractivity contribution in [2.24, 2.45) is 0 Å². The summed E-state index contributed by atoms with van der Waals surface area (Å²) in [6.07, 6.45) is -6.83. The maximum absolute atomic E-state index is 10.4. The molecule has 13 nitrogen and oxygen atoms in total. The first-order chi connectivity index (χ1) is 13.4. The number of nitrogens with two attached hydrogens (primary N) is 1. The van der Waals surface area contributed by atoms with E-state index in [2.05, 4.69) is 15.0 Å². The van der Waals surface area contributed by atoms with Gasteiger partial charge in [0.05, 0.1) is 19.5 Å². The number of imidazole rings is 1. The van der Waals surface area contributed by atoms with Gasteiger partial charge in [-0.25, -0.2) is 15.0 Å². The first-order valence-corrected chi connectivity index (χ1v) is 8.61. The van der Waals surface area contributed by atoms with Crippen LogP contribution in [0, 0.1) is 0 Å². The minimum atomic E-state index is -1.37. The first kappa shape index (κ1) is 19.4. The Balaban J connectivity index is 1.45. The van der Waals surface area contributed by atoms with Crippen LogP contribution in [0.3, 0.4) is 0 Å². The Morgan fingerprint density at radius 1 is 1.00 bits per heavy atom. The molecule has 4 heterocycles. The normalized spacial score (nSPS) is 38.5. The Morgan fingerprint density at radius 3 is 2.46 bits per heavy atom. The van der Waals surface area contributed by atoms with Gasteiger partial charge in [-0.1, -0.05) is 0 Å². The first-order valence-electron chi connectivity index (χ1n) is 8.61. The van der Waals surface area contributed by atoms with Crippen molar-refractivity contribution in [1.82, 2.24) is 19.5 Å². The summed E-state index contributed by atoms with van der Waals surface area (Å²) in [7, 11) is 0. The van der Waals surface area contributed by atoms with Crippen LogP contribution in [-0.4, -0.2) is 101 Å². The molecular weight excluding hydrogens is 378 g/mol. The molecule has 8 atom stereocenters. The van der Waals surface area contributed by atoms with E-state index < -0.39 is 55.7 Å². The average Bonchev–Trinajstić information content (AvgIpc) is 3.32. The van der Waals surface area contributed by atoms with Crippen LogP contribution in [0.4, 0.5) is 5.82 Å². The zero-order valence-electron chi connectivity index (χ0n) is 14.5. The number of aliphatic hydroxyl groups is 5. The summed E-state index contributed by atoms with van der Waals surface area (Å²) in [5, 5.41) is 49.4. The molecule has 0 aromatic carbocycles. The van der Waals surface area contributed by atoms with Crippen molar-refractivity contribution in [3.8, 4) is 0 Å². The summed E-state index contributed by atoms with van der Waals surface area (Å²) in [6, 6.07) is 0. The van der Waals surface area contributed by atoms with Crippen LogP contribution in [0.1, 0.15) is 6.23 Å². The quantitative estimate of drug-likeness (QED) is 0.290. The van der Waals surface area contributed by atoms with E-state index in [1.54, 1.807) is 0 Å². The second kappa shape index (κ2) is 7.46. The van der Waals surface area contributed by atoms with Crippen molar-refractivity contribution in [3.05, 3.63) is 12.7 Å². The smallest absolute Gasteiger partial charge is 0.186 e. The number of anilines is 1. The van der Waals surface area contributed by atoms with Crippen LogP contribution in [0.2, 0.25) is 0 Å². The fourth-order valence-electron chi connectivity index (χ4n) is 3.35. The Kier molecular flexibility index (Phi) is 5.15. The second-order valence-corrected chi connectivity index (χ2v) is 6.67. The fraction of sp³-hybridized carbons (Fsp3) is 0.667. The Morgan fingerprint density at radius 2 is 1.75 bits per heavy atom. The molecule has 2 fully saturated rings. The van der Waals surface area contributed by atoms with Gasteiger partial charge in [0.1, 0.15) is 48.5 Å². The molecule has 2 aromatic rings. The number of hydrogen-bond acceptors (Lipinski definition) is 12. The van der Waals surface area contributed by atoms with Crippen molar-refractivity contribution < 1.29 is 39.7 Å². The van der Waals surface area contributed by atoms with Gasteiger partial charge in [-0.05, 0) is 0 Å². The average molecular weight is 399 g/mol. The molecule has 2 saturated heterocycles. The summed E-state index contributed by atoms with van der Waals surface area (Å²) in [5.74, 6) is 0.168. The van der Waals surface area contributed by atoms with Gasteiger partial charge >= 0.3 is 0 Å². The van der Waals surface area contributed by atoms with Crippen LogP contribution in [-0.2, 0) is 14.2 Å². The summed E-state index contributed by atoms with van der Waals surface area (Å²) in [4.78, 5) is 12.0. The van der Waals surface area contributed by atoms with E-state index in [1.807, 2.05) is 0 Å². The molecule has 0 spiro atoms. The summed E-state index contributed by atoms with van der Waals surface area (Å²) in [6.45, 7) is -0.731. The highest BCUT2D eigenvalue weighted by Gasteiger charge is 2.47. The predicted molar refractivity (Wildman–Crippen MR) is 89.4 cm³/mol. The number of aliphatic hydroxyl groups excluding tert-OH is 5. The van der Waals surface area contributed by atoms with Gasteiger partial charge in [0, 0.05) is 0 Å². The van der Waals surface area contributed by atoms with Crippen molar-refractivity contribution >= 4 is 17.0 Å². The van der Waals surface area contributed by atoms with E-state index in [1.165, 1.54) is 17.2 Å². The lowest BCUT2D eigenvalue weighted by Crippen LogP contribution is -2.38. The molecule has 0 amide bonds. The number of rotatable bonds is 5. The van der Waals surface area contributed by atoms with E-state index in [9.17, 15) is 20.4 Å². The number of hydrogen-bond donors (Lipinski definition) is 6. The fourth-order valence-corrected chi connectivity index (χ4v) is 3.35. The highest BCUT2D eigenvalue weighted by Crippen LogP contribution is 2.33. The van der Waals surface area contributed by atoms with Gasteiger partial charge in [0.2, 0.25) is 0 Å². The molecule has 0 radical (unpaired) electrons. The van der Waals surface area contributed by atoms with Crippen LogP contribution in [0.25, 0.3) is 11.2 Å². The largest absolute Gasteiger partial charge is 0.394 e. The highest BCUT2D eigenvalue weighted by atomic mass is 16.7. The third-order valence-corrected chi connectivity index (χ3v) is 4.92. The van der Waals surface area contributed by atoms with Gasteiger partial charge in [-0.15, -0.1) is 0 Å². The van der Waals surface area contributed by atoms with Crippen LogP contribution in [0.5, 0.6) is 0 Å². The standard InChI is InChI=1S/C15H21N5O8/c16-12-7-13(18-3-17-12)20(4-19-7)14-10(24)9(23)6(27-14)2-26-15-11(25)8(22)5(1-21)28-15/h3-6,8-11,14-15,21-25H,1-2H2,(H2,16,17,18)/t5-,6-,8-,9-,10-,11-,14-,15-/m1/s1. The minimum Gasteiger partial charge on any atom is -0.394 e. The van der Waals surface area contributed by atoms with Crippen molar-refractivity contribution in [2.75, 3.05) is 18.9 Å². The van der Waals surface area contributed by atoms with E-state index in [-0.39, 0.29) is 12.4 Å². The lowest BCUT2D eigenvalue weighted by Gasteiger charge is -2.20. The molecule has 28 heavy (non-hydrogen) atoms. The zero-order valence-corrected chi connectivity index (χ0v) is 14.5. The molecule has 2 aliphatic heterocycles. The van der Waals surface area contributed by atoms with Gasteiger partial charge in [0.15, 0.2) is 24.0 Å². The topological polar surface area (TPSA) is 198 Å². The summed E-state index contributed by atoms with van der Waals surface area (Å²) in [5.41, 5.74) is 6.41. The van der Waals surface area contributed by atoms with Crippen LogP contribution < -0.4 is 5.73 Å². The van der Waals surface area contributed by atoms with Crippen LogP contribution >= 0.6 is 0 Å². The lowest BCUT2D eigenvalue weighted by atomic mass is 10.1. The van der Waals surface area contributed by atoms with Crippen molar-refractivity contribution in [2.45, 2.75) is 49.1 Å². The molecule has 0 saturated carbocycles. The maximum Gasteiger partial charge on any atom is 0.186 e. The summed E-state index contributed by atoms with van der Waals surface area (Å²) >= 11 is 0. The zero-order chi connectivity index (χ0) is 20.0. The highest BCUT2D eigenvalue weighted by molar-refractivity contribution is 5.81.